The Morgan fingerprint density at radius 1 is 1.06 bits per heavy atom. The zero-order valence-electron chi connectivity index (χ0n) is 18.9. The SMILES string of the molecule is Cc1ccc(CNC(=S)Nc2nc(N3CCCCC3)cc(N3CC(C)CC(C)C3)n2)o1. The molecule has 2 atom stereocenters. The number of aromatic nitrogens is 2. The van der Waals surface area contributed by atoms with Gasteiger partial charge in [-0.25, -0.2) is 0 Å². The molecule has 2 N–H and O–H groups in total. The Bertz CT molecular complexity index is 884. The molecule has 8 heteroatoms. The number of aryl methyl sites for hydroxylation is 1. The summed E-state index contributed by atoms with van der Waals surface area (Å²) in [6.07, 6.45) is 4.98. The molecule has 2 aliphatic rings. The fourth-order valence-corrected chi connectivity index (χ4v) is 4.83. The molecule has 2 unspecified atom stereocenters. The van der Waals surface area contributed by atoms with E-state index < -0.39 is 0 Å². The minimum absolute atomic E-state index is 0.496. The molecule has 2 fully saturated rings. The molecule has 2 saturated heterocycles. The van der Waals surface area contributed by atoms with Crippen LogP contribution in [0.3, 0.4) is 0 Å². The minimum Gasteiger partial charge on any atom is -0.465 e. The molecule has 2 aromatic heterocycles. The number of piperidine rings is 2. The number of anilines is 3. The molecule has 4 heterocycles. The number of nitrogens with zero attached hydrogens (tertiary/aromatic N) is 4. The predicted octanol–water partition coefficient (Wildman–Crippen LogP) is 4.34. The van der Waals surface area contributed by atoms with E-state index in [0.717, 1.165) is 49.3 Å². The number of furan rings is 1. The predicted molar refractivity (Wildman–Crippen MR) is 130 cm³/mol. The maximum atomic E-state index is 5.61. The standard InChI is InChI=1S/C23H34N6OS/c1-16-11-17(2)15-29(14-16)21-12-20(28-9-5-4-6-10-28)25-22(26-21)27-23(31)24-13-19-8-7-18(3)30-19/h7-8,12,16-17H,4-6,9-11,13-15H2,1-3H3,(H2,24,25,26,27,31). The van der Waals surface area contributed by atoms with Crippen molar-refractivity contribution < 1.29 is 4.42 Å². The van der Waals surface area contributed by atoms with Gasteiger partial charge in [-0.2, -0.15) is 9.97 Å². The molecule has 0 saturated carbocycles. The Morgan fingerprint density at radius 2 is 1.74 bits per heavy atom. The zero-order valence-corrected chi connectivity index (χ0v) is 19.7. The molecule has 0 aromatic carbocycles. The summed E-state index contributed by atoms with van der Waals surface area (Å²) in [5.41, 5.74) is 0. The average molecular weight is 443 g/mol. The molecule has 7 nitrogen and oxygen atoms in total. The van der Waals surface area contributed by atoms with Crippen LogP contribution in [0.15, 0.2) is 22.6 Å². The summed E-state index contributed by atoms with van der Waals surface area (Å²) >= 11 is 5.51. The van der Waals surface area contributed by atoms with Gasteiger partial charge in [0.15, 0.2) is 5.11 Å². The van der Waals surface area contributed by atoms with Gasteiger partial charge in [0, 0.05) is 32.2 Å². The molecule has 2 aliphatic heterocycles. The van der Waals surface area contributed by atoms with E-state index in [2.05, 4.69) is 40.3 Å². The van der Waals surface area contributed by atoms with Crippen LogP contribution in [0.5, 0.6) is 0 Å². The van der Waals surface area contributed by atoms with Crippen molar-refractivity contribution in [2.75, 3.05) is 41.3 Å². The smallest absolute Gasteiger partial charge is 0.232 e. The molecule has 0 bridgehead atoms. The highest BCUT2D eigenvalue weighted by Gasteiger charge is 2.25. The largest absolute Gasteiger partial charge is 0.465 e. The van der Waals surface area contributed by atoms with Crippen LogP contribution in [0, 0.1) is 18.8 Å². The first-order valence-electron chi connectivity index (χ1n) is 11.5. The number of hydrogen-bond acceptors (Lipinski definition) is 6. The Labute approximate surface area is 190 Å². The van der Waals surface area contributed by atoms with E-state index in [9.17, 15) is 0 Å². The van der Waals surface area contributed by atoms with Gasteiger partial charge in [0.05, 0.1) is 6.54 Å². The third kappa shape index (κ3) is 5.87. The molecule has 0 aliphatic carbocycles. The molecule has 0 amide bonds. The molecule has 2 aromatic rings. The monoisotopic (exact) mass is 442 g/mol. The van der Waals surface area contributed by atoms with Crippen LogP contribution < -0.4 is 20.4 Å². The zero-order chi connectivity index (χ0) is 21.8. The normalized spacial score (nSPS) is 21.8. The van der Waals surface area contributed by atoms with Gasteiger partial charge >= 0.3 is 0 Å². The van der Waals surface area contributed by atoms with Crippen molar-refractivity contribution in [3.05, 3.63) is 29.7 Å². The second kappa shape index (κ2) is 9.85. The molecular weight excluding hydrogens is 408 g/mol. The Balaban J connectivity index is 1.51. The highest BCUT2D eigenvalue weighted by molar-refractivity contribution is 7.80. The summed E-state index contributed by atoms with van der Waals surface area (Å²) in [5, 5.41) is 6.89. The summed E-state index contributed by atoms with van der Waals surface area (Å²) in [6.45, 7) is 11.3. The van der Waals surface area contributed by atoms with Crippen LogP contribution >= 0.6 is 12.2 Å². The number of hydrogen-bond donors (Lipinski definition) is 2. The van der Waals surface area contributed by atoms with Crippen LogP contribution in [0.2, 0.25) is 0 Å². The lowest BCUT2D eigenvalue weighted by atomic mass is 9.92. The van der Waals surface area contributed by atoms with Crippen molar-refractivity contribution >= 4 is 34.9 Å². The van der Waals surface area contributed by atoms with Gasteiger partial charge in [-0.05, 0) is 68.8 Å². The van der Waals surface area contributed by atoms with Crippen LogP contribution in [-0.4, -0.2) is 41.3 Å². The van der Waals surface area contributed by atoms with Crippen molar-refractivity contribution in [2.24, 2.45) is 11.8 Å². The van der Waals surface area contributed by atoms with Crippen molar-refractivity contribution in [3.8, 4) is 0 Å². The van der Waals surface area contributed by atoms with E-state index in [4.69, 9.17) is 26.6 Å². The number of rotatable bonds is 5. The Kier molecular flexibility index (Phi) is 6.95. The summed E-state index contributed by atoms with van der Waals surface area (Å²) in [6, 6.07) is 6.06. The molecule has 168 valence electrons. The van der Waals surface area contributed by atoms with E-state index in [1.807, 2.05) is 19.1 Å². The van der Waals surface area contributed by atoms with Gasteiger partial charge in [-0.15, -0.1) is 0 Å². The first kappa shape index (κ1) is 21.9. The molecule has 31 heavy (non-hydrogen) atoms. The lowest BCUT2D eigenvalue weighted by Crippen LogP contribution is -2.40. The lowest BCUT2D eigenvalue weighted by molar-refractivity contribution is 0.355. The third-order valence-corrected chi connectivity index (χ3v) is 6.26. The second-order valence-electron chi connectivity index (χ2n) is 9.13. The quantitative estimate of drug-likeness (QED) is 0.663. The van der Waals surface area contributed by atoms with E-state index >= 15 is 0 Å². The minimum atomic E-state index is 0.496. The lowest BCUT2D eigenvalue weighted by Gasteiger charge is -2.36. The van der Waals surface area contributed by atoms with Gasteiger partial charge in [-0.1, -0.05) is 13.8 Å². The van der Waals surface area contributed by atoms with Crippen LogP contribution in [0.25, 0.3) is 0 Å². The molecule has 4 rings (SSSR count). The molecular formula is C23H34N6OS. The van der Waals surface area contributed by atoms with Crippen molar-refractivity contribution in [2.45, 2.75) is 53.0 Å². The first-order chi connectivity index (χ1) is 15.0. The van der Waals surface area contributed by atoms with E-state index in [-0.39, 0.29) is 0 Å². The van der Waals surface area contributed by atoms with E-state index in [1.54, 1.807) is 0 Å². The summed E-state index contributed by atoms with van der Waals surface area (Å²) in [4.78, 5) is 14.4. The van der Waals surface area contributed by atoms with E-state index in [0.29, 0.717) is 29.4 Å². The van der Waals surface area contributed by atoms with Gasteiger partial charge < -0.3 is 24.9 Å². The van der Waals surface area contributed by atoms with Gasteiger partial charge in [0.2, 0.25) is 5.95 Å². The second-order valence-corrected chi connectivity index (χ2v) is 9.53. The maximum Gasteiger partial charge on any atom is 0.232 e. The van der Waals surface area contributed by atoms with Gasteiger partial charge in [0.1, 0.15) is 23.2 Å². The van der Waals surface area contributed by atoms with Crippen LogP contribution in [0.1, 0.15) is 51.1 Å². The summed E-state index contributed by atoms with van der Waals surface area (Å²) in [5.74, 6) is 5.59. The Hall–Kier alpha value is -2.35. The molecule has 0 spiro atoms. The highest BCUT2D eigenvalue weighted by atomic mass is 32.1. The van der Waals surface area contributed by atoms with Crippen molar-refractivity contribution in [3.63, 3.8) is 0 Å². The fraction of sp³-hybridized carbons (Fsp3) is 0.609. The maximum absolute atomic E-state index is 5.61. The van der Waals surface area contributed by atoms with Crippen LogP contribution in [-0.2, 0) is 6.54 Å². The first-order valence-corrected chi connectivity index (χ1v) is 11.9. The highest BCUT2D eigenvalue weighted by Crippen LogP contribution is 2.29. The fourth-order valence-electron chi connectivity index (χ4n) is 4.67. The average Bonchev–Trinajstić information content (AvgIpc) is 3.17. The van der Waals surface area contributed by atoms with Gasteiger partial charge in [0.25, 0.3) is 0 Å². The summed E-state index contributed by atoms with van der Waals surface area (Å²) in [7, 11) is 0. The van der Waals surface area contributed by atoms with Crippen molar-refractivity contribution in [1.82, 2.24) is 15.3 Å². The summed E-state index contributed by atoms with van der Waals surface area (Å²) < 4.78 is 5.61. The van der Waals surface area contributed by atoms with Gasteiger partial charge in [-0.3, -0.25) is 0 Å². The van der Waals surface area contributed by atoms with E-state index in [1.165, 1.54) is 25.7 Å². The Morgan fingerprint density at radius 3 is 2.39 bits per heavy atom. The van der Waals surface area contributed by atoms with Crippen LogP contribution in [0.4, 0.5) is 17.6 Å². The molecule has 0 radical (unpaired) electrons. The topological polar surface area (TPSA) is 69.5 Å². The number of thiocarbonyl (C=S) groups is 1. The third-order valence-electron chi connectivity index (χ3n) is 6.02. The van der Waals surface area contributed by atoms with Crippen molar-refractivity contribution in [1.29, 1.82) is 0 Å². The number of nitrogens with one attached hydrogen (secondary N) is 2.